The molecule has 1 heterocycles. The quantitative estimate of drug-likeness (QED) is 0.790. The first-order valence-corrected chi connectivity index (χ1v) is 9.12. The van der Waals surface area contributed by atoms with E-state index in [-0.39, 0.29) is 0 Å². The SMILES string of the molecule is CCS(=O)CCNCc1cc(Br)c2c(c1)OCCCO2. The number of hydrogen-bond donors (Lipinski definition) is 1. The average molecular weight is 362 g/mol. The molecule has 0 bridgehead atoms. The Morgan fingerprint density at radius 3 is 2.95 bits per heavy atom. The Labute approximate surface area is 130 Å². The Bertz CT molecular complexity index is 482. The minimum Gasteiger partial charge on any atom is -0.490 e. The molecule has 6 heteroatoms. The van der Waals surface area contributed by atoms with Gasteiger partial charge in [-0.3, -0.25) is 4.21 Å². The summed E-state index contributed by atoms with van der Waals surface area (Å²) in [6.45, 7) is 4.80. The number of fused-ring (bicyclic) bond motifs is 1. The van der Waals surface area contributed by atoms with Crippen molar-refractivity contribution in [1.82, 2.24) is 5.32 Å². The zero-order chi connectivity index (χ0) is 14.4. The highest BCUT2D eigenvalue weighted by Gasteiger charge is 2.15. The minimum absolute atomic E-state index is 0.686. The second kappa shape index (κ2) is 8.00. The van der Waals surface area contributed by atoms with Gasteiger partial charge in [0.1, 0.15) is 0 Å². The summed E-state index contributed by atoms with van der Waals surface area (Å²) in [5.41, 5.74) is 1.13. The number of hydrogen-bond acceptors (Lipinski definition) is 4. The van der Waals surface area contributed by atoms with E-state index in [1.54, 1.807) is 0 Å². The number of halogens is 1. The van der Waals surface area contributed by atoms with Crippen LogP contribution in [0.15, 0.2) is 16.6 Å². The summed E-state index contributed by atoms with van der Waals surface area (Å²) in [5, 5.41) is 3.31. The summed E-state index contributed by atoms with van der Waals surface area (Å²) < 4.78 is 23.6. The lowest BCUT2D eigenvalue weighted by Gasteiger charge is -2.12. The fourth-order valence-corrected chi connectivity index (χ4v) is 3.21. The Morgan fingerprint density at radius 2 is 2.15 bits per heavy atom. The predicted molar refractivity (Wildman–Crippen MR) is 85.0 cm³/mol. The molecule has 1 aliphatic rings. The van der Waals surface area contributed by atoms with Gasteiger partial charge in [0.2, 0.25) is 0 Å². The van der Waals surface area contributed by atoms with E-state index in [0.29, 0.717) is 19.0 Å². The molecule has 1 aromatic carbocycles. The molecule has 0 aromatic heterocycles. The Kier molecular flexibility index (Phi) is 6.32. The molecule has 0 fully saturated rings. The Hall–Kier alpha value is -0.590. The molecular weight excluding hydrogens is 342 g/mol. The van der Waals surface area contributed by atoms with Gasteiger partial charge in [0.15, 0.2) is 11.5 Å². The van der Waals surface area contributed by atoms with Crippen molar-refractivity contribution in [3.63, 3.8) is 0 Å². The number of nitrogens with one attached hydrogen (secondary N) is 1. The highest BCUT2D eigenvalue weighted by atomic mass is 79.9. The molecule has 0 saturated heterocycles. The van der Waals surface area contributed by atoms with Crippen molar-refractivity contribution < 1.29 is 13.7 Å². The second-order valence-electron chi connectivity index (χ2n) is 4.56. The molecular formula is C14H20BrNO3S. The molecule has 4 nitrogen and oxygen atoms in total. The van der Waals surface area contributed by atoms with E-state index >= 15 is 0 Å². The first kappa shape index (κ1) is 15.8. The van der Waals surface area contributed by atoms with Gasteiger partial charge in [-0.05, 0) is 33.6 Å². The summed E-state index contributed by atoms with van der Waals surface area (Å²) >= 11 is 3.53. The fourth-order valence-electron chi connectivity index (χ4n) is 1.95. The van der Waals surface area contributed by atoms with Crippen LogP contribution in [0.2, 0.25) is 0 Å². The average Bonchev–Trinajstić information content (AvgIpc) is 2.69. The summed E-state index contributed by atoms with van der Waals surface area (Å²) in [6.07, 6.45) is 0.900. The number of benzene rings is 1. The monoisotopic (exact) mass is 361 g/mol. The second-order valence-corrected chi connectivity index (χ2v) is 7.28. The molecule has 1 atom stereocenters. The van der Waals surface area contributed by atoms with Crippen molar-refractivity contribution in [2.45, 2.75) is 19.9 Å². The van der Waals surface area contributed by atoms with Gasteiger partial charge in [-0.2, -0.15) is 0 Å². The van der Waals surface area contributed by atoms with E-state index in [1.165, 1.54) is 0 Å². The topological polar surface area (TPSA) is 47.6 Å². The summed E-state index contributed by atoms with van der Waals surface area (Å²) in [7, 11) is -0.710. The van der Waals surface area contributed by atoms with Crippen molar-refractivity contribution in [3.8, 4) is 11.5 Å². The number of rotatable bonds is 6. The van der Waals surface area contributed by atoms with Crippen LogP contribution in [0, 0.1) is 0 Å². The summed E-state index contributed by atoms with van der Waals surface area (Å²) in [4.78, 5) is 0. The van der Waals surface area contributed by atoms with Crippen LogP contribution in [0.1, 0.15) is 18.9 Å². The van der Waals surface area contributed by atoms with Gasteiger partial charge < -0.3 is 14.8 Å². The highest BCUT2D eigenvalue weighted by Crippen LogP contribution is 2.38. The van der Waals surface area contributed by atoms with Crippen LogP contribution in [0.25, 0.3) is 0 Å². The van der Waals surface area contributed by atoms with Gasteiger partial charge in [0.05, 0.1) is 17.7 Å². The molecule has 20 heavy (non-hydrogen) atoms. The van der Waals surface area contributed by atoms with E-state index < -0.39 is 10.8 Å². The number of ether oxygens (including phenoxy) is 2. The highest BCUT2D eigenvalue weighted by molar-refractivity contribution is 9.10. The lowest BCUT2D eigenvalue weighted by atomic mass is 10.2. The zero-order valence-electron chi connectivity index (χ0n) is 11.6. The minimum atomic E-state index is -0.710. The van der Waals surface area contributed by atoms with E-state index in [9.17, 15) is 4.21 Å². The molecule has 2 rings (SSSR count). The van der Waals surface area contributed by atoms with E-state index in [4.69, 9.17) is 9.47 Å². The van der Waals surface area contributed by atoms with Crippen LogP contribution in [-0.4, -0.2) is 35.5 Å². The van der Waals surface area contributed by atoms with Crippen LogP contribution >= 0.6 is 15.9 Å². The van der Waals surface area contributed by atoms with Crippen LogP contribution in [0.3, 0.4) is 0 Å². The van der Waals surface area contributed by atoms with Gasteiger partial charge in [-0.1, -0.05) is 6.92 Å². The molecule has 0 aliphatic carbocycles. The first-order valence-electron chi connectivity index (χ1n) is 6.84. The van der Waals surface area contributed by atoms with E-state index in [2.05, 4.69) is 21.2 Å². The van der Waals surface area contributed by atoms with Gasteiger partial charge in [-0.15, -0.1) is 0 Å². The standard InChI is InChI=1S/C14H20BrNO3S/c1-2-20(17)7-4-16-10-11-8-12(15)14-13(9-11)18-5-3-6-19-14/h8-9,16H,2-7,10H2,1H3. The van der Waals surface area contributed by atoms with Crippen molar-refractivity contribution in [1.29, 1.82) is 0 Å². The lowest BCUT2D eigenvalue weighted by molar-refractivity contribution is 0.296. The maximum atomic E-state index is 11.3. The molecule has 0 spiro atoms. The summed E-state index contributed by atoms with van der Waals surface area (Å²) in [6, 6.07) is 4.05. The normalized spacial score (nSPS) is 15.7. The maximum Gasteiger partial charge on any atom is 0.175 e. The molecule has 0 amide bonds. The smallest absolute Gasteiger partial charge is 0.175 e. The fraction of sp³-hybridized carbons (Fsp3) is 0.571. The first-order chi connectivity index (χ1) is 9.70. The van der Waals surface area contributed by atoms with E-state index in [0.717, 1.165) is 46.8 Å². The van der Waals surface area contributed by atoms with Crippen LogP contribution < -0.4 is 14.8 Å². The van der Waals surface area contributed by atoms with E-state index in [1.807, 2.05) is 19.1 Å². The molecule has 1 aliphatic heterocycles. The lowest BCUT2D eigenvalue weighted by Crippen LogP contribution is -2.20. The van der Waals surface area contributed by atoms with Crippen LogP contribution in [0.5, 0.6) is 11.5 Å². The molecule has 0 radical (unpaired) electrons. The third kappa shape index (κ3) is 4.46. The van der Waals surface area contributed by atoms with Crippen LogP contribution in [0.4, 0.5) is 0 Å². The van der Waals surface area contributed by atoms with Crippen molar-refractivity contribution >= 4 is 26.7 Å². The third-order valence-corrected chi connectivity index (χ3v) is 4.91. The van der Waals surface area contributed by atoms with Gasteiger partial charge in [0.25, 0.3) is 0 Å². The maximum absolute atomic E-state index is 11.3. The zero-order valence-corrected chi connectivity index (χ0v) is 14.0. The van der Waals surface area contributed by atoms with Crippen molar-refractivity contribution in [2.75, 3.05) is 31.3 Å². The molecule has 1 N–H and O–H groups in total. The van der Waals surface area contributed by atoms with Crippen molar-refractivity contribution in [3.05, 3.63) is 22.2 Å². The van der Waals surface area contributed by atoms with Gasteiger partial charge >= 0.3 is 0 Å². The van der Waals surface area contributed by atoms with Crippen molar-refractivity contribution in [2.24, 2.45) is 0 Å². The molecule has 112 valence electrons. The van der Waals surface area contributed by atoms with Gasteiger partial charge in [0, 0.05) is 41.8 Å². The Balaban J connectivity index is 1.94. The third-order valence-electron chi connectivity index (χ3n) is 3.02. The molecule has 1 unspecified atom stereocenters. The molecule has 0 saturated carbocycles. The van der Waals surface area contributed by atoms with Gasteiger partial charge in [-0.25, -0.2) is 0 Å². The Morgan fingerprint density at radius 1 is 1.35 bits per heavy atom. The summed E-state index contributed by atoms with van der Waals surface area (Å²) in [5.74, 6) is 3.00. The predicted octanol–water partition coefficient (Wildman–Crippen LogP) is 2.47. The van der Waals surface area contributed by atoms with Crippen LogP contribution in [-0.2, 0) is 17.3 Å². The molecule has 1 aromatic rings. The largest absolute Gasteiger partial charge is 0.490 e.